The van der Waals surface area contributed by atoms with E-state index >= 15 is 0 Å². The zero-order chi connectivity index (χ0) is 9.84. The standard InChI is InChI=1S/C10H12BrNO/c1-12(2)7-10(13)8-3-5-9(11)6-4-8/h3-6H,7H2,1-2H3. The molecule has 1 aromatic rings. The number of carbonyl (C=O) groups is 1. The van der Waals surface area contributed by atoms with E-state index in [-0.39, 0.29) is 5.78 Å². The number of Topliss-reactive ketones (excluding diaryl/α,β-unsaturated/α-hetero) is 1. The number of benzene rings is 1. The van der Waals surface area contributed by atoms with Crippen molar-refractivity contribution in [3.63, 3.8) is 0 Å². The molecular formula is C10H12BrNO. The molecule has 0 fully saturated rings. The van der Waals surface area contributed by atoms with Gasteiger partial charge >= 0.3 is 0 Å². The highest BCUT2D eigenvalue weighted by molar-refractivity contribution is 9.10. The largest absolute Gasteiger partial charge is 0.302 e. The van der Waals surface area contributed by atoms with Gasteiger partial charge in [0.2, 0.25) is 0 Å². The fourth-order valence-electron chi connectivity index (χ4n) is 1.01. The molecular weight excluding hydrogens is 230 g/mol. The van der Waals surface area contributed by atoms with Gasteiger partial charge in [0.05, 0.1) is 6.54 Å². The van der Waals surface area contributed by atoms with Crippen molar-refractivity contribution in [3.8, 4) is 0 Å². The van der Waals surface area contributed by atoms with E-state index in [0.29, 0.717) is 6.54 Å². The number of nitrogens with zero attached hydrogens (tertiary/aromatic N) is 1. The number of halogens is 1. The van der Waals surface area contributed by atoms with E-state index in [0.717, 1.165) is 10.0 Å². The molecule has 0 aliphatic heterocycles. The lowest BCUT2D eigenvalue weighted by molar-refractivity contribution is 0.0958. The van der Waals surface area contributed by atoms with E-state index in [1.807, 2.05) is 43.3 Å². The molecule has 1 rings (SSSR count). The highest BCUT2D eigenvalue weighted by Gasteiger charge is 2.05. The van der Waals surface area contributed by atoms with Crippen LogP contribution in [0.4, 0.5) is 0 Å². The second kappa shape index (κ2) is 4.53. The Hall–Kier alpha value is -0.670. The number of likely N-dealkylation sites (N-methyl/N-ethyl adjacent to an activating group) is 1. The van der Waals surface area contributed by atoms with Crippen molar-refractivity contribution in [1.29, 1.82) is 0 Å². The van der Waals surface area contributed by atoms with E-state index in [1.165, 1.54) is 0 Å². The summed E-state index contributed by atoms with van der Waals surface area (Å²) in [4.78, 5) is 13.4. The van der Waals surface area contributed by atoms with Gasteiger partial charge in [0.25, 0.3) is 0 Å². The van der Waals surface area contributed by atoms with Gasteiger partial charge in [-0.05, 0) is 26.2 Å². The molecule has 1 aromatic carbocycles. The van der Waals surface area contributed by atoms with Crippen molar-refractivity contribution in [1.82, 2.24) is 4.90 Å². The van der Waals surface area contributed by atoms with E-state index < -0.39 is 0 Å². The molecule has 0 heterocycles. The third-order valence-corrected chi connectivity index (χ3v) is 2.15. The van der Waals surface area contributed by atoms with E-state index in [2.05, 4.69) is 15.9 Å². The normalized spacial score (nSPS) is 10.5. The molecule has 70 valence electrons. The monoisotopic (exact) mass is 241 g/mol. The van der Waals surface area contributed by atoms with Crippen LogP contribution >= 0.6 is 15.9 Å². The first-order chi connectivity index (χ1) is 6.09. The lowest BCUT2D eigenvalue weighted by Gasteiger charge is -2.07. The fourth-order valence-corrected chi connectivity index (χ4v) is 1.28. The smallest absolute Gasteiger partial charge is 0.176 e. The van der Waals surface area contributed by atoms with Crippen LogP contribution in [0.5, 0.6) is 0 Å². The predicted molar refractivity (Wildman–Crippen MR) is 57.0 cm³/mol. The Bertz CT molecular complexity index is 292. The molecule has 0 bridgehead atoms. The Balaban J connectivity index is 2.72. The molecule has 0 saturated heterocycles. The van der Waals surface area contributed by atoms with Crippen LogP contribution in [0, 0.1) is 0 Å². The van der Waals surface area contributed by atoms with Gasteiger partial charge < -0.3 is 4.90 Å². The van der Waals surface area contributed by atoms with Gasteiger partial charge in [-0.3, -0.25) is 4.79 Å². The maximum absolute atomic E-state index is 11.5. The Morgan fingerprint density at radius 2 is 1.85 bits per heavy atom. The van der Waals surface area contributed by atoms with Crippen molar-refractivity contribution in [2.75, 3.05) is 20.6 Å². The highest BCUT2D eigenvalue weighted by atomic mass is 79.9. The Kier molecular flexibility index (Phi) is 3.63. The van der Waals surface area contributed by atoms with Gasteiger partial charge in [-0.2, -0.15) is 0 Å². The predicted octanol–water partition coefficient (Wildman–Crippen LogP) is 2.19. The zero-order valence-electron chi connectivity index (χ0n) is 7.75. The van der Waals surface area contributed by atoms with Crippen LogP contribution in [0.3, 0.4) is 0 Å². The van der Waals surface area contributed by atoms with E-state index in [1.54, 1.807) is 0 Å². The number of hydrogen-bond donors (Lipinski definition) is 0. The summed E-state index contributed by atoms with van der Waals surface area (Å²) >= 11 is 3.32. The minimum absolute atomic E-state index is 0.150. The Morgan fingerprint density at radius 1 is 1.31 bits per heavy atom. The van der Waals surface area contributed by atoms with Gasteiger partial charge in [-0.1, -0.05) is 28.1 Å². The SMILES string of the molecule is CN(C)CC(=O)c1ccc(Br)cc1. The molecule has 2 nitrogen and oxygen atoms in total. The van der Waals surface area contributed by atoms with Gasteiger partial charge in [0.1, 0.15) is 0 Å². The minimum atomic E-state index is 0.150. The molecule has 13 heavy (non-hydrogen) atoms. The summed E-state index contributed by atoms with van der Waals surface area (Å²) in [7, 11) is 3.77. The Morgan fingerprint density at radius 3 is 2.31 bits per heavy atom. The molecule has 0 aliphatic rings. The molecule has 0 radical (unpaired) electrons. The topological polar surface area (TPSA) is 20.3 Å². The Labute approximate surface area is 86.7 Å². The second-order valence-corrected chi connectivity index (χ2v) is 4.08. The number of hydrogen-bond acceptors (Lipinski definition) is 2. The molecule has 0 spiro atoms. The maximum Gasteiger partial charge on any atom is 0.176 e. The summed E-state index contributed by atoms with van der Waals surface area (Å²) in [6.45, 7) is 0.460. The molecule has 0 amide bonds. The highest BCUT2D eigenvalue weighted by Crippen LogP contribution is 2.10. The number of ketones is 1. The first-order valence-electron chi connectivity index (χ1n) is 4.03. The first-order valence-corrected chi connectivity index (χ1v) is 4.82. The fraction of sp³-hybridized carbons (Fsp3) is 0.300. The third-order valence-electron chi connectivity index (χ3n) is 1.63. The lowest BCUT2D eigenvalue weighted by Crippen LogP contribution is -2.21. The van der Waals surface area contributed by atoms with Crippen LogP contribution in [-0.4, -0.2) is 31.3 Å². The minimum Gasteiger partial charge on any atom is -0.302 e. The summed E-state index contributed by atoms with van der Waals surface area (Å²) in [5.41, 5.74) is 0.761. The van der Waals surface area contributed by atoms with Crippen LogP contribution in [0.15, 0.2) is 28.7 Å². The van der Waals surface area contributed by atoms with Crippen molar-refractivity contribution in [2.24, 2.45) is 0 Å². The van der Waals surface area contributed by atoms with Gasteiger partial charge in [0, 0.05) is 10.0 Å². The van der Waals surface area contributed by atoms with Gasteiger partial charge in [-0.25, -0.2) is 0 Å². The summed E-state index contributed by atoms with van der Waals surface area (Å²) < 4.78 is 0.994. The summed E-state index contributed by atoms with van der Waals surface area (Å²) in [5, 5.41) is 0. The lowest BCUT2D eigenvalue weighted by atomic mass is 10.1. The molecule has 0 N–H and O–H groups in total. The summed E-state index contributed by atoms with van der Waals surface area (Å²) in [6.07, 6.45) is 0. The maximum atomic E-state index is 11.5. The van der Waals surface area contributed by atoms with Crippen molar-refractivity contribution >= 4 is 21.7 Å². The van der Waals surface area contributed by atoms with Crippen LogP contribution < -0.4 is 0 Å². The van der Waals surface area contributed by atoms with Crippen molar-refractivity contribution in [3.05, 3.63) is 34.3 Å². The first kappa shape index (κ1) is 10.4. The third kappa shape index (κ3) is 3.28. The van der Waals surface area contributed by atoms with E-state index in [9.17, 15) is 4.79 Å². The van der Waals surface area contributed by atoms with Crippen LogP contribution in [-0.2, 0) is 0 Å². The summed E-state index contributed by atoms with van der Waals surface area (Å²) in [6, 6.07) is 7.41. The summed E-state index contributed by atoms with van der Waals surface area (Å²) in [5.74, 6) is 0.150. The quantitative estimate of drug-likeness (QED) is 0.757. The van der Waals surface area contributed by atoms with Crippen molar-refractivity contribution < 1.29 is 4.79 Å². The second-order valence-electron chi connectivity index (χ2n) is 3.17. The molecule has 0 aliphatic carbocycles. The molecule has 3 heteroatoms. The van der Waals surface area contributed by atoms with Gasteiger partial charge in [0.15, 0.2) is 5.78 Å². The van der Waals surface area contributed by atoms with Crippen LogP contribution in [0.2, 0.25) is 0 Å². The van der Waals surface area contributed by atoms with E-state index in [4.69, 9.17) is 0 Å². The van der Waals surface area contributed by atoms with Crippen LogP contribution in [0.25, 0.3) is 0 Å². The molecule has 0 saturated carbocycles. The number of rotatable bonds is 3. The molecule has 0 unspecified atom stereocenters. The molecule has 0 aromatic heterocycles. The zero-order valence-corrected chi connectivity index (χ0v) is 9.34. The number of carbonyl (C=O) groups excluding carboxylic acids is 1. The molecule has 0 atom stereocenters. The average Bonchev–Trinajstić information content (AvgIpc) is 2.04. The average molecular weight is 242 g/mol. The van der Waals surface area contributed by atoms with Gasteiger partial charge in [-0.15, -0.1) is 0 Å². The van der Waals surface area contributed by atoms with Crippen LogP contribution in [0.1, 0.15) is 10.4 Å². The van der Waals surface area contributed by atoms with Crippen molar-refractivity contribution in [2.45, 2.75) is 0 Å².